The molecule has 2 rings (SSSR count). The number of aryl methyl sites for hydroxylation is 3. The minimum atomic E-state index is -3.40. The van der Waals surface area contributed by atoms with Crippen molar-refractivity contribution < 1.29 is 13.2 Å². The Bertz CT molecular complexity index is 799. The minimum absolute atomic E-state index is 0.0161. The first-order valence-electron chi connectivity index (χ1n) is 7.97. The van der Waals surface area contributed by atoms with Crippen LogP contribution in [0.4, 0.5) is 5.69 Å². The number of rotatable bonds is 7. The Kier molecular flexibility index (Phi) is 6.15. The van der Waals surface area contributed by atoms with E-state index in [0.29, 0.717) is 18.5 Å². The number of anilines is 1. The molecule has 0 spiro atoms. The lowest BCUT2D eigenvalue weighted by Crippen LogP contribution is -2.25. The molecule has 2 aromatic carbocycles. The lowest BCUT2D eigenvalue weighted by molar-refractivity contribution is -0.113. The highest BCUT2D eigenvalue weighted by Crippen LogP contribution is 2.16. The van der Waals surface area contributed by atoms with Gasteiger partial charge in [-0.2, -0.15) is 0 Å². The molecule has 1 amide bonds. The van der Waals surface area contributed by atoms with Crippen LogP contribution in [0, 0.1) is 13.8 Å². The van der Waals surface area contributed by atoms with Crippen molar-refractivity contribution in [1.82, 2.24) is 0 Å². The predicted octanol–water partition coefficient (Wildman–Crippen LogP) is 3.29. The van der Waals surface area contributed by atoms with Crippen molar-refractivity contribution >= 4 is 21.4 Å². The highest BCUT2D eigenvalue weighted by atomic mass is 32.2. The number of carbonyl (C=O) groups excluding carboxylic acids is 1. The summed E-state index contributed by atoms with van der Waals surface area (Å²) in [5, 5.41) is 2.68. The average Bonchev–Trinajstić information content (AvgIpc) is 2.50. The Labute approximate surface area is 143 Å². The number of carbonyl (C=O) groups is 1. The fourth-order valence-electron chi connectivity index (χ4n) is 2.55. The average molecular weight is 345 g/mol. The highest BCUT2D eigenvalue weighted by molar-refractivity contribution is 7.92. The van der Waals surface area contributed by atoms with Crippen molar-refractivity contribution in [3.05, 3.63) is 65.2 Å². The minimum Gasteiger partial charge on any atom is -0.325 e. The third kappa shape index (κ3) is 5.81. The van der Waals surface area contributed by atoms with Gasteiger partial charge in [-0.3, -0.25) is 4.79 Å². The molecule has 0 bridgehead atoms. The van der Waals surface area contributed by atoms with E-state index < -0.39 is 21.5 Å². The molecule has 0 aliphatic carbocycles. The van der Waals surface area contributed by atoms with E-state index in [0.717, 1.165) is 16.7 Å². The molecule has 0 heterocycles. The molecular formula is C19H23NO3S. The maximum atomic E-state index is 12.1. The molecular weight excluding hydrogens is 322 g/mol. The van der Waals surface area contributed by atoms with Crippen LogP contribution >= 0.6 is 0 Å². The van der Waals surface area contributed by atoms with E-state index in [1.807, 2.05) is 56.3 Å². The van der Waals surface area contributed by atoms with Gasteiger partial charge < -0.3 is 5.32 Å². The van der Waals surface area contributed by atoms with E-state index >= 15 is 0 Å². The van der Waals surface area contributed by atoms with E-state index in [1.54, 1.807) is 6.07 Å². The maximum Gasteiger partial charge on any atom is 0.239 e. The number of nitrogens with one attached hydrogen (secondary N) is 1. The second kappa shape index (κ2) is 8.11. The van der Waals surface area contributed by atoms with Gasteiger partial charge in [-0.15, -0.1) is 0 Å². The van der Waals surface area contributed by atoms with Crippen molar-refractivity contribution in [2.75, 3.05) is 16.8 Å². The van der Waals surface area contributed by atoms with Gasteiger partial charge in [-0.25, -0.2) is 8.42 Å². The molecule has 0 radical (unpaired) electrons. The van der Waals surface area contributed by atoms with Gasteiger partial charge in [0, 0.05) is 5.69 Å². The maximum absolute atomic E-state index is 12.1. The van der Waals surface area contributed by atoms with Gasteiger partial charge in [-0.05, 0) is 43.9 Å². The number of hydrogen-bond acceptors (Lipinski definition) is 3. The molecule has 24 heavy (non-hydrogen) atoms. The van der Waals surface area contributed by atoms with Crippen LogP contribution in [0.1, 0.15) is 23.1 Å². The molecule has 128 valence electrons. The molecule has 2 aromatic rings. The summed E-state index contributed by atoms with van der Waals surface area (Å²) in [6, 6.07) is 15.4. The van der Waals surface area contributed by atoms with Gasteiger partial charge >= 0.3 is 0 Å². The summed E-state index contributed by atoms with van der Waals surface area (Å²) >= 11 is 0. The summed E-state index contributed by atoms with van der Waals surface area (Å²) in [5.41, 5.74) is 3.78. The van der Waals surface area contributed by atoms with Crippen LogP contribution in [0.15, 0.2) is 48.5 Å². The summed E-state index contributed by atoms with van der Waals surface area (Å²) < 4.78 is 24.2. The molecule has 0 fully saturated rings. The van der Waals surface area contributed by atoms with Crippen LogP contribution in [0.3, 0.4) is 0 Å². The van der Waals surface area contributed by atoms with Crippen LogP contribution < -0.4 is 5.32 Å². The van der Waals surface area contributed by atoms with Crippen molar-refractivity contribution in [1.29, 1.82) is 0 Å². The number of benzene rings is 2. The van der Waals surface area contributed by atoms with Crippen molar-refractivity contribution in [2.24, 2.45) is 0 Å². The normalized spacial score (nSPS) is 11.2. The Morgan fingerprint density at radius 2 is 1.75 bits per heavy atom. The Morgan fingerprint density at radius 1 is 1.04 bits per heavy atom. The molecule has 0 aromatic heterocycles. The lowest BCUT2D eigenvalue weighted by Gasteiger charge is -2.09. The molecule has 0 saturated carbocycles. The molecule has 0 aliphatic heterocycles. The largest absolute Gasteiger partial charge is 0.325 e. The van der Waals surface area contributed by atoms with E-state index in [1.165, 1.54) is 0 Å². The fourth-order valence-corrected chi connectivity index (χ4v) is 3.75. The molecule has 4 nitrogen and oxygen atoms in total. The van der Waals surface area contributed by atoms with Crippen LogP contribution in [0.25, 0.3) is 0 Å². The lowest BCUT2D eigenvalue weighted by atomic mass is 10.1. The zero-order chi connectivity index (χ0) is 17.6. The summed E-state index contributed by atoms with van der Waals surface area (Å²) in [7, 11) is -3.40. The zero-order valence-electron chi connectivity index (χ0n) is 14.1. The number of amides is 1. The van der Waals surface area contributed by atoms with E-state index in [2.05, 4.69) is 5.32 Å². The van der Waals surface area contributed by atoms with Crippen LogP contribution in [-0.2, 0) is 21.1 Å². The van der Waals surface area contributed by atoms with Gasteiger partial charge in [0.05, 0.1) is 5.75 Å². The van der Waals surface area contributed by atoms with Crippen molar-refractivity contribution in [2.45, 2.75) is 26.7 Å². The molecule has 0 unspecified atom stereocenters. The van der Waals surface area contributed by atoms with Gasteiger partial charge in [0.25, 0.3) is 0 Å². The second-order valence-electron chi connectivity index (χ2n) is 6.05. The monoisotopic (exact) mass is 345 g/mol. The standard InChI is InChI=1S/C19H23NO3S/c1-15-10-11-18(16(2)13-15)20-19(21)14-24(22,23)12-6-9-17-7-4-3-5-8-17/h3-5,7-8,10-11,13H,6,9,12,14H2,1-2H3,(H,20,21). The Hall–Kier alpha value is -2.14. The van der Waals surface area contributed by atoms with Gasteiger partial charge in [0.1, 0.15) is 5.75 Å². The van der Waals surface area contributed by atoms with Gasteiger partial charge in [0.2, 0.25) is 5.91 Å². The summed E-state index contributed by atoms with van der Waals surface area (Å²) in [6.45, 7) is 3.85. The van der Waals surface area contributed by atoms with Crippen LogP contribution in [0.2, 0.25) is 0 Å². The fraction of sp³-hybridized carbons (Fsp3) is 0.316. The molecule has 0 saturated heterocycles. The Morgan fingerprint density at radius 3 is 2.42 bits per heavy atom. The smallest absolute Gasteiger partial charge is 0.239 e. The number of sulfone groups is 1. The van der Waals surface area contributed by atoms with Crippen LogP contribution in [0.5, 0.6) is 0 Å². The molecule has 5 heteroatoms. The SMILES string of the molecule is Cc1ccc(NC(=O)CS(=O)(=O)CCCc2ccccc2)c(C)c1. The first-order valence-corrected chi connectivity index (χ1v) is 9.79. The van der Waals surface area contributed by atoms with E-state index in [4.69, 9.17) is 0 Å². The topological polar surface area (TPSA) is 63.2 Å². The summed E-state index contributed by atoms with van der Waals surface area (Å²) in [4.78, 5) is 12.0. The number of hydrogen-bond donors (Lipinski definition) is 1. The van der Waals surface area contributed by atoms with E-state index in [-0.39, 0.29) is 5.75 Å². The van der Waals surface area contributed by atoms with Gasteiger partial charge in [-0.1, -0.05) is 48.0 Å². The third-order valence-electron chi connectivity index (χ3n) is 3.77. The van der Waals surface area contributed by atoms with E-state index in [9.17, 15) is 13.2 Å². The summed E-state index contributed by atoms with van der Waals surface area (Å²) in [5.74, 6) is -0.946. The molecule has 0 atom stereocenters. The Balaban J connectivity index is 1.85. The van der Waals surface area contributed by atoms with Crippen molar-refractivity contribution in [3.63, 3.8) is 0 Å². The predicted molar refractivity (Wildman–Crippen MR) is 98.0 cm³/mol. The molecule has 1 N–H and O–H groups in total. The van der Waals surface area contributed by atoms with Crippen molar-refractivity contribution in [3.8, 4) is 0 Å². The first kappa shape index (κ1) is 18.2. The summed E-state index contributed by atoms with van der Waals surface area (Å²) in [6.07, 6.45) is 1.21. The third-order valence-corrected chi connectivity index (χ3v) is 5.38. The second-order valence-corrected chi connectivity index (χ2v) is 8.23. The quantitative estimate of drug-likeness (QED) is 0.837. The molecule has 0 aliphatic rings. The highest BCUT2D eigenvalue weighted by Gasteiger charge is 2.17. The first-order chi connectivity index (χ1) is 11.4. The van der Waals surface area contributed by atoms with Crippen LogP contribution in [-0.4, -0.2) is 25.8 Å². The van der Waals surface area contributed by atoms with Gasteiger partial charge in [0.15, 0.2) is 9.84 Å². The zero-order valence-corrected chi connectivity index (χ0v) is 14.9.